The maximum absolute atomic E-state index is 5.73. The highest BCUT2D eigenvalue weighted by molar-refractivity contribution is 4.83. The summed E-state index contributed by atoms with van der Waals surface area (Å²) in [5.74, 6) is 0.711. The van der Waals surface area contributed by atoms with Gasteiger partial charge in [-0.05, 0) is 32.2 Å². The summed E-state index contributed by atoms with van der Waals surface area (Å²) in [7, 11) is 0. The third-order valence-corrected chi connectivity index (χ3v) is 3.54. The molecule has 2 unspecified atom stereocenters. The molecule has 1 saturated heterocycles. The Kier molecular flexibility index (Phi) is 3.96. The van der Waals surface area contributed by atoms with Crippen molar-refractivity contribution >= 4 is 0 Å². The van der Waals surface area contributed by atoms with Gasteiger partial charge >= 0.3 is 0 Å². The van der Waals surface area contributed by atoms with Crippen LogP contribution in [0.25, 0.3) is 0 Å². The lowest BCUT2D eigenvalue weighted by molar-refractivity contribution is 0.256. The van der Waals surface area contributed by atoms with E-state index in [0.717, 1.165) is 13.1 Å². The molecule has 4 nitrogen and oxygen atoms in total. The predicted octanol–water partition coefficient (Wildman–Crippen LogP) is 0.942. The van der Waals surface area contributed by atoms with Crippen molar-refractivity contribution in [3.8, 4) is 0 Å². The first-order chi connectivity index (χ1) is 7.79. The van der Waals surface area contributed by atoms with Gasteiger partial charge < -0.3 is 15.2 Å². The minimum absolute atomic E-state index is 0.705. The number of rotatable bonds is 5. The lowest BCUT2D eigenvalue weighted by atomic mass is 10.1. The summed E-state index contributed by atoms with van der Waals surface area (Å²) in [4.78, 5) is 6.61. The van der Waals surface area contributed by atoms with Crippen molar-refractivity contribution in [2.24, 2.45) is 11.7 Å². The van der Waals surface area contributed by atoms with Crippen molar-refractivity contribution in [1.82, 2.24) is 14.5 Å². The van der Waals surface area contributed by atoms with Gasteiger partial charge in [-0.25, -0.2) is 4.98 Å². The smallest absolute Gasteiger partial charge is 0.0945 e. The van der Waals surface area contributed by atoms with Crippen molar-refractivity contribution in [2.45, 2.75) is 32.4 Å². The first-order valence-electron chi connectivity index (χ1n) is 6.19. The first-order valence-corrected chi connectivity index (χ1v) is 6.19. The molecule has 0 radical (unpaired) electrons. The Labute approximate surface area is 97.4 Å². The minimum atomic E-state index is 0.705. The zero-order valence-corrected chi connectivity index (χ0v) is 10.0. The van der Waals surface area contributed by atoms with Crippen LogP contribution in [0, 0.1) is 5.92 Å². The highest BCUT2D eigenvalue weighted by atomic mass is 15.2. The molecule has 2 rings (SSSR count). The average Bonchev–Trinajstić information content (AvgIpc) is 2.89. The molecule has 0 aromatic carbocycles. The molecule has 0 saturated carbocycles. The molecule has 1 aromatic rings. The summed E-state index contributed by atoms with van der Waals surface area (Å²) >= 11 is 0. The Morgan fingerprint density at radius 1 is 1.44 bits per heavy atom. The van der Waals surface area contributed by atoms with Gasteiger partial charge in [-0.1, -0.05) is 0 Å². The zero-order chi connectivity index (χ0) is 11.4. The molecule has 90 valence electrons. The molecule has 1 fully saturated rings. The van der Waals surface area contributed by atoms with Crippen LogP contribution in [0.1, 0.15) is 19.8 Å². The van der Waals surface area contributed by atoms with Gasteiger partial charge in [0.2, 0.25) is 0 Å². The number of nitrogens with two attached hydrogens (primary N) is 1. The fourth-order valence-corrected chi connectivity index (χ4v) is 2.58. The number of hydrogen-bond donors (Lipinski definition) is 1. The van der Waals surface area contributed by atoms with Gasteiger partial charge in [-0.3, -0.25) is 0 Å². The molecule has 2 heterocycles. The molecule has 16 heavy (non-hydrogen) atoms. The third-order valence-electron chi connectivity index (χ3n) is 3.54. The molecule has 0 amide bonds. The molecule has 1 aromatic heterocycles. The van der Waals surface area contributed by atoms with Crippen LogP contribution in [-0.2, 0) is 6.54 Å². The summed E-state index contributed by atoms with van der Waals surface area (Å²) in [6.45, 7) is 6.57. The Bertz CT molecular complexity index is 296. The van der Waals surface area contributed by atoms with Crippen LogP contribution in [0.15, 0.2) is 18.7 Å². The second-order valence-electron chi connectivity index (χ2n) is 4.84. The topological polar surface area (TPSA) is 47.1 Å². The number of likely N-dealkylation sites (tertiary alicyclic amines) is 1. The van der Waals surface area contributed by atoms with E-state index in [4.69, 9.17) is 5.73 Å². The molecule has 4 heteroatoms. The van der Waals surface area contributed by atoms with Crippen molar-refractivity contribution < 1.29 is 0 Å². The highest BCUT2D eigenvalue weighted by Gasteiger charge is 2.27. The van der Waals surface area contributed by atoms with E-state index in [-0.39, 0.29) is 0 Å². The SMILES string of the molecule is CC1CC(CN)CN1CCCn1ccnc1. The molecular formula is C12H22N4. The van der Waals surface area contributed by atoms with E-state index in [9.17, 15) is 0 Å². The van der Waals surface area contributed by atoms with Crippen molar-refractivity contribution in [3.05, 3.63) is 18.7 Å². The van der Waals surface area contributed by atoms with Crippen LogP contribution in [0.5, 0.6) is 0 Å². The van der Waals surface area contributed by atoms with Crippen LogP contribution in [0.4, 0.5) is 0 Å². The van der Waals surface area contributed by atoms with Gasteiger partial charge in [-0.15, -0.1) is 0 Å². The molecule has 0 aliphatic carbocycles. The quantitative estimate of drug-likeness (QED) is 0.806. The number of hydrogen-bond acceptors (Lipinski definition) is 3. The Balaban J connectivity index is 1.70. The number of aryl methyl sites for hydroxylation is 1. The zero-order valence-electron chi connectivity index (χ0n) is 10.0. The van der Waals surface area contributed by atoms with Crippen molar-refractivity contribution in [3.63, 3.8) is 0 Å². The Morgan fingerprint density at radius 3 is 2.94 bits per heavy atom. The van der Waals surface area contributed by atoms with E-state index in [1.54, 1.807) is 0 Å². The van der Waals surface area contributed by atoms with Gasteiger partial charge in [0.25, 0.3) is 0 Å². The van der Waals surface area contributed by atoms with E-state index in [0.29, 0.717) is 12.0 Å². The second-order valence-corrected chi connectivity index (χ2v) is 4.84. The number of imidazole rings is 1. The van der Waals surface area contributed by atoms with Gasteiger partial charge in [0, 0.05) is 38.1 Å². The Morgan fingerprint density at radius 2 is 2.31 bits per heavy atom. The maximum Gasteiger partial charge on any atom is 0.0945 e. The second kappa shape index (κ2) is 5.46. The number of nitrogens with zero attached hydrogens (tertiary/aromatic N) is 3. The van der Waals surface area contributed by atoms with Crippen molar-refractivity contribution in [2.75, 3.05) is 19.6 Å². The van der Waals surface area contributed by atoms with Gasteiger partial charge in [0.05, 0.1) is 6.33 Å². The summed E-state index contributed by atoms with van der Waals surface area (Å²) < 4.78 is 2.14. The molecule has 1 aliphatic heterocycles. The molecule has 0 bridgehead atoms. The van der Waals surface area contributed by atoms with Crippen LogP contribution < -0.4 is 5.73 Å². The van der Waals surface area contributed by atoms with Gasteiger partial charge in [-0.2, -0.15) is 0 Å². The largest absolute Gasteiger partial charge is 0.337 e. The summed E-state index contributed by atoms with van der Waals surface area (Å²) in [5, 5.41) is 0. The highest BCUT2D eigenvalue weighted by Crippen LogP contribution is 2.21. The minimum Gasteiger partial charge on any atom is -0.337 e. The fraction of sp³-hybridized carbons (Fsp3) is 0.750. The summed E-state index contributed by atoms with van der Waals surface area (Å²) in [6.07, 6.45) is 8.20. The standard InChI is InChI=1S/C12H22N4/c1-11-7-12(8-13)9-16(11)5-2-4-15-6-3-14-10-15/h3,6,10-12H,2,4-5,7-9,13H2,1H3. The van der Waals surface area contributed by atoms with E-state index < -0.39 is 0 Å². The summed E-state index contributed by atoms with van der Waals surface area (Å²) in [5.41, 5.74) is 5.73. The van der Waals surface area contributed by atoms with Crippen molar-refractivity contribution in [1.29, 1.82) is 0 Å². The normalized spacial score (nSPS) is 26.4. The van der Waals surface area contributed by atoms with Crippen LogP contribution >= 0.6 is 0 Å². The molecule has 1 aliphatic rings. The Hall–Kier alpha value is -0.870. The number of aromatic nitrogens is 2. The van der Waals surface area contributed by atoms with Crippen LogP contribution in [-0.4, -0.2) is 40.1 Å². The van der Waals surface area contributed by atoms with Gasteiger partial charge in [0.15, 0.2) is 0 Å². The predicted molar refractivity (Wildman–Crippen MR) is 65.0 cm³/mol. The van der Waals surface area contributed by atoms with E-state index >= 15 is 0 Å². The molecular weight excluding hydrogens is 200 g/mol. The van der Waals surface area contributed by atoms with Gasteiger partial charge in [0.1, 0.15) is 0 Å². The summed E-state index contributed by atoms with van der Waals surface area (Å²) in [6, 6.07) is 0.705. The van der Waals surface area contributed by atoms with Crippen LogP contribution in [0.2, 0.25) is 0 Å². The van der Waals surface area contributed by atoms with E-state index in [2.05, 4.69) is 21.4 Å². The third kappa shape index (κ3) is 2.83. The average molecular weight is 222 g/mol. The monoisotopic (exact) mass is 222 g/mol. The molecule has 2 atom stereocenters. The molecule has 2 N–H and O–H groups in total. The van der Waals surface area contributed by atoms with E-state index in [1.165, 1.54) is 25.9 Å². The molecule has 0 spiro atoms. The fourth-order valence-electron chi connectivity index (χ4n) is 2.58. The maximum atomic E-state index is 5.73. The van der Waals surface area contributed by atoms with E-state index in [1.807, 2.05) is 18.7 Å². The lowest BCUT2D eigenvalue weighted by Gasteiger charge is -2.20. The van der Waals surface area contributed by atoms with Crippen LogP contribution in [0.3, 0.4) is 0 Å². The first kappa shape index (κ1) is 11.6. The lowest BCUT2D eigenvalue weighted by Crippen LogP contribution is -2.29.